The predicted molar refractivity (Wildman–Crippen MR) is 97.2 cm³/mol. The number of hydrogen-bond donors (Lipinski definition) is 3. The minimum Gasteiger partial charge on any atom is -0.321 e. The molecule has 9 nitrogen and oxygen atoms in total. The van der Waals surface area contributed by atoms with Gasteiger partial charge in [-0.2, -0.15) is 0 Å². The molecule has 0 spiro atoms. The lowest BCUT2D eigenvalue weighted by Gasteiger charge is -2.10. The number of nitrogens with one attached hydrogen (secondary N) is 2. The van der Waals surface area contributed by atoms with E-state index in [0.29, 0.717) is 16.8 Å². The highest BCUT2D eigenvalue weighted by Gasteiger charge is 2.11. The van der Waals surface area contributed by atoms with E-state index in [2.05, 4.69) is 20.8 Å². The van der Waals surface area contributed by atoms with E-state index in [9.17, 15) is 9.59 Å². The van der Waals surface area contributed by atoms with E-state index in [0.717, 1.165) is 17.3 Å². The Labute approximate surface area is 154 Å². The summed E-state index contributed by atoms with van der Waals surface area (Å²) in [6, 6.07) is 12.2. The molecule has 1 aromatic heterocycles. The first-order chi connectivity index (χ1) is 13.1. The average molecular weight is 364 g/mol. The number of hydrogen-bond acceptors (Lipinski definition) is 6. The summed E-state index contributed by atoms with van der Waals surface area (Å²) < 4.78 is 1.52. The largest absolute Gasteiger partial charge is 0.321 e. The fourth-order valence-corrected chi connectivity index (χ4v) is 2.48. The highest BCUT2D eigenvalue weighted by atomic mass is 16.5. The SMILES string of the molecule is Cc1cc(C(=O)Nc2ccccc2/C=C/C(=O)NO)ccc1-n1cnnn1. The maximum atomic E-state index is 12.6. The summed E-state index contributed by atoms with van der Waals surface area (Å²) in [6.07, 6.45) is 4.14. The molecule has 136 valence electrons. The van der Waals surface area contributed by atoms with Crippen LogP contribution in [0.1, 0.15) is 21.5 Å². The summed E-state index contributed by atoms with van der Waals surface area (Å²) in [4.78, 5) is 23.8. The number of aryl methyl sites for hydroxylation is 1. The van der Waals surface area contributed by atoms with Gasteiger partial charge in [0.2, 0.25) is 0 Å². The van der Waals surface area contributed by atoms with Crippen LogP contribution in [0.5, 0.6) is 0 Å². The molecule has 27 heavy (non-hydrogen) atoms. The summed E-state index contributed by atoms with van der Waals surface area (Å²) in [5.41, 5.74) is 4.75. The van der Waals surface area contributed by atoms with Crippen LogP contribution in [0.3, 0.4) is 0 Å². The van der Waals surface area contributed by atoms with Gasteiger partial charge in [0.15, 0.2) is 0 Å². The molecule has 0 saturated carbocycles. The van der Waals surface area contributed by atoms with E-state index in [1.54, 1.807) is 42.5 Å². The van der Waals surface area contributed by atoms with Crippen molar-refractivity contribution in [3.8, 4) is 5.69 Å². The number of tetrazole rings is 1. The fourth-order valence-electron chi connectivity index (χ4n) is 2.48. The number of nitrogens with zero attached hydrogens (tertiary/aromatic N) is 4. The number of para-hydroxylation sites is 1. The van der Waals surface area contributed by atoms with Crippen molar-refractivity contribution >= 4 is 23.6 Å². The Morgan fingerprint density at radius 1 is 1.19 bits per heavy atom. The quantitative estimate of drug-likeness (QED) is 0.360. The molecule has 3 aromatic rings. The Balaban J connectivity index is 1.81. The predicted octanol–water partition coefficient (Wildman–Crippen LogP) is 1.74. The Morgan fingerprint density at radius 3 is 2.70 bits per heavy atom. The van der Waals surface area contributed by atoms with Crippen molar-refractivity contribution in [2.75, 3.05) is 5.32 Å². The maximum Gasteiger partial charge on any atom is 0.267 e. The normalized spacial score (nSPS) is 10.7. The van der Waals surface area contributed by atoms with Crippen molar-refractivity contribution in [2.45, 2.75) is 6.92 Å². The Hall–Kier alpha value is -3.85. The molecule has 3 N–H and O–H groups in total. The monoisotopic (exact) mass is 364 g/mol. The van der Waals surface area contributed by atoms with E-state index >= 15 is 0 Å². The van der Waals surface area contributed by atoms with Crippen molar-refractivity contribution in [1.82, 2.24) is 25.7 Å². The first-order valence-corrected chi connectivity index (χ1v) is 7.95. The van der Waals surface area contributed by atoms with Crippen molar-refractivity contribution < 1.29 is 14.8 Å². The second-order valence-corrected chi connectivity index (χ2v) is 5.61. The summed E-state index contributed by atoms with van der Waals surface area (Å²) in [7, 11) is 0. The summed E-state index contributed by atoms with van der Waals surface area (Å²) in [6.45, 7) is 1.86. The van der Waals surface area contributed by atoms with Crippen LogP contribution in [0.25, 0.3) is 11.8 Å². The minimum absolute atomic E-state index is 0.297. The van der Waals surface area contributed by atoms with Crippen LogP contribution >= 0.6 is 0 Å². The minimum atomic E-state index is -0.662. The third-order valence-electron chi connectivity index (χ3n) is 3.79. The van der Waals surface area contributed by atoms with Gasteiger partial charge in [0.05, 0.1) is 5.69 Å². The van der Waals surface area contributed by atoms with E-state index in [-0.39, 0.29) is 5.91 Å². The van der Waals surface area contributed by atoms with Gasteiger partial charge in [-0.15, -0.1) is 5.10 Å². The lowest BCUT2D eigenvalue weighted by atomic mass is 10.1. The van der Waals surface area contributed by atoms with Gasteiger partial charge in [-0.25, -0.2) is 10.2 Å². The van der Waals surface area contributed by atoms with Crippen LogP contribution < -0.4 is 10.8 Å². The summed E-state index contributed by atoms with van der Waals surface area (Å²) >= 11 is 0. The second-order valence-electron chi connectivity index (χ2n) is 5.61. The molecule has 0 aliphatic rings. The lowest BCUT2D eigenvalue weighted by Crippen LogP contribution is -2.15. The van der Waals surface area contributed by atoms with Gasteiger partial charge in [0.25, 0.3) is 11.8 Å². The zero-order valence-electron chi connectivity index (χ0n) is 14.3. The van der Waals surface area contributed by atoms with Gasteiger partial charge in [0.1, 0.15) is 6.33 Å². The third kappa shape index (κ3) is 4.22. The Kier molecular flexibility index (Phi) is 5.33. The van der Waals surface area contributed by atoms with E-state index in [1.165, 1.54) is 22.6 Å². The van der Waals surface area contributed by atoms with Crippen molar-refractivity contribution in [3.05, 3.63) is 71.6 Å². The molecule has 0 fully saturated rings. The number of benzene rings is 2. The molecule has 0 aliphatic heterocycles. The summed E-state index contributed by atoms with van der Waals surface area (Å²) in [5, 5.41) is 22.4. The van der Waals surface area contributed by atoms with Crippen LogP contribution in [0.2, 0.25) is 0 Å². The Bertz CT molecular complexity index is 998. The molecule has 0 aliphatic carbocycles. The molecule has 0 radical (unpaired) electrons. The number of carbonyl (C=O) groups is 2. The molecule has 1 heterocycles. The standard InChI is InChI=1S/C18H16N6O3/c1-12-10-14(6-8-16(12)24-11-19-22-23-24)18(26)20-15-5-3-2-4-13(15)7-9-17(25)21-27/h2-11,27H,1H3,(H,20,26)(H,21,25)/b9-7+. The maximum absolute atomic E-state index is 12.6. The van der Waals surface area contributed by atoms with E-state index in [4.69, 9.17) is 5.21 Å². The smallest absolute Gasteiger partial charge is 0.267 e. The molecular formula is C18H16N6O3. The Morgan fingerprint density at radius 2 is 2.00 bits per heavy atom. The van der Waals surface area contributed by atoms with Crippen LogP contribution in [-0.4, -0.2) is 37.2 Å². The first kappa shape index (κ1) is 18.0. The molecule has 9 heteroatoms. The van der Waals surface area contributed by atoms with Crippen molar-refractivity contribution in [1.29, 1.82) is 0 Å². The topological polar surface area (TPSA) is 122 Å². The summed E-state index contributed by atoms with van der Waals surface area (Å²) in [5.74, 6) is -0.959. The first-order valence-electron chi connectivity index (χ1n) is 7.95. The van der Waals surface area contributed by atoms with Crippen LogP contribution in [0, 0.1) is 6.92 Å². The number of amides is 2. The number of aromatic nitrogens is 4. The number of carbonyl (C=O) groups excluding carboxylic acids is 2. The molecule has 3 rings (SSSR count). The van der Waals surface area contributed by atoms with Crippen molar-refractivity contribution in [2.24, 2.45) is 0 Å². The third-order valence-corrected chi connectivity index (χ3v) is 3.79. The molecule has 2 aromatic carbocycles. The molecule has 0 bridgehead atoms. The number of hydroxylamine groups is 1. The van der Waals surface area contributed by atoms with Crippen molar-refractivity contribution in [3.63, 3.8) is 0 Å². The van der Waals surface area contributed by atoms with E-state index < -0.39 is 5.91 Å². The van der Waals surface area contributed by atoms with Crippen LogP contribution in [0.4, 0.5) is 5.69 Å². The molecule has 0 saturated heterocycles. The van der Waals surface area contributed by atoms with Crippen LogP contribution in [-0.2, 0) is 4.79 Å². The molecule has 0 unspecified atom stereocenters. The molecule has 0 atom stereocenters. The van der Waals surface area contributed by atoms with Gasteiger partial charge in [-0.3, -0.25) is 14.8 Å². The number of rotatable bonds is 5. The zero-order valence-corrected chi connectivity index (χ0v) is 14.3. The molecule has 2 amide bonds. The highest BCUT2D eigenvalue weighted by molar-refractivity contribution is 6.05. The number of anilines is 1. The van der Waals surface area contributed by atoms with Gasteiger partial charge >= 0.3 is 0 Å². The van der Waals surface area contributed by atoms with Gasteiger partial charge in [0, 0.05) is 17.3 Å². The lowest BCUT2D eigenvalue weighted by molar-refractivity contribution is -0.124. The average Bonchev–Trinajstić information content (AvgIpc) is 3.21. The van der Waals surface area contributed by atoms with Gasteiger partial charge < -0.3 is 5.32 Å². The fraction of sp³-hybridized carbons (Fsp3) is 0.0556. The van der Waals surface area contributed by atoms with Gasteiger partial charge in [-0.1, -0.05) is 18.2 Å². The van der Waals surface area contributed by atoms with Gasteiger partial charge in [-0.05, 0) is 58.8 Å². The zero-order chi connectivity index (χ0) is 19.2. The second kappa shape index (κ2) is 8.02. The molecular weight excluding hydrogens is 348 g/mol. The van der Waals surface area contributed by atoms with Crippen LogP contribution in [0.15, 0.2) is 54.9 Å². The van der Waals surface area contributed by atoms with E-state index in [1.807, 2.05) is 6.92 Å². The highest BCUT2D eigenvalue weighted by Crippen LogP contribution is 2.19.